The molecule has 160 valence electrons. The number of benzene rings is 3. The van der Waals surface area contributed by atoms with Gasteiger partial charge in [0.2, 0.25) is 11.7 Å². The molecule has 5 aromatic rings. The highest BCUT2D eigenvalue weighted by Crippen LogP contribution is 2.37. The summed E-state index contributed by atoms with van der Waals surface area (Å²) >= 11 is 7.57. The molecule has 5 rings (SSSR count). The lowest BCUT2D eigenvalue weighted by atomic mass is 10.1. The maximum absolute atomic E-state index is 13.4. The Kier molecular flexibility index (Phi) is 5.46. The number of thioether (sulfide) groups is 1. The zero-order chi connectivity index (χ0) is 22.1. The van der Waals surface area contributed by atoms with Crippen molar-refractivity contribution in [3.05, 3.63) is 83.4 Å². The van der Waals surface area contributed by atoms with Gasteiger partial charge in [0, 0.05) is 5.69 Å². The molecule has 2 N–H and O–H groups in total. The molecule has 0 spiro atoms. The highest BCUT2D eigenvalue weighted by molar-refractivity contribution is 8.00. The summed E-state index contributed by atoms with van der Waals surface area (Å²) in [5.74, 6) is 0.982. The van der Waals surface area contributed by atoms with Gasteiger partial charge in [0.15, 0.2) is 5.16 Å². The predicted octanol–water partition coefficient (Wildman–Crippen LogP) is 5.34. The molecule has 0 bridgehead atoms. The third kappa shape index (κ3) is 3.79. The number of nitrogens with zero attached hydrogens (tertiary/aromatic N) is 3. The van der Waals surface area contributed by atoms with Crippen LogP contribution in [0.25, 0.3) is 16.8 Å². The summed E-state index contributed by atoms with van der Waals surface area (Å²) in [5, 5.41) is 10.9. The zero-order valence-electron chi connectivity index (χ0n) is 16.9. The van der Waals surface area contributed by atoms with Gasteiger partial charge in [0.05, 0.1) is 23.2 Å². The number of rotatable bonds is 6. The fraction of sp³-hybridized carbons (Fsp3) is 0.0870. The van der Waals surface area contributed by atoms with Crippen LogP contribution in [-0.4, -0.2) is 32.6 Å². The predicted molar refractivity (Wildman–Crippen MR) is 127 cm³/mol. The maximum Gasteiger partial charge on any atom is 0.242 e. The number of carbonyl (C=O) groups excluding carboxylic acids is 1. The minimum Gasteiger partial charge on any atom is -0.495 e. The average Bonchev–Trinajstić information content (AvgIpc) is 3.37. The average molecular weight is 464 g/mol. The van der Waals surface area contributed by atoms with Crippen LogP contribution in [0.5, 0.6) is 5.75 Å². The van der Waals surface area contributed by atoms with Gasteiger partial charge in [0.1, 0.15) is 11.0 Å². The van der Waals surface area contributed by atoms with Gasteiger partial charge < -0.3 is 10.1 Å². The molecule has 0 saturated carbocycles. The Morgan fingerprint density at radius 2 is 1.91 bits per heavy atom. The highest BCUT2D eigenvalue weighted by Gasteiger charge is 2.25. The normalized spacial score (nSPS) is 12.2. The molecular weight excluding hydrogens is 446 g/mol. The van der Waals surface area contributed by atoms with Crippen molar-refractivity contribution in [2.24, 2.45) is 0 Å². The Bertz CT molecular complexity index is 1420. The molecule has 2 aromatic heterocycles. The van der Waals surface area contributed by atoms with Crippen molar-refractivity contribution in [1.82, 2.24) is 19.6 Å². The van der Waals surface area contributed by atoms with Crippen molar-refractivity contribution in [1.29, 1.82) is 0 Å². The first-order valence-corrected chi connectivity index (χ1v) is 11.1. The lowest BCUT2D eigenvalue weighted by Crippen LogP contribution is -2.19. The standard InChI is InChI=1S/C23H18ClN5O2S/c1-31-19-12-11-15(13-16(19)24)25-21(30)20(14-7-3-2-4-8-14)32-23-28-27-22-26-17-9-5-6-10-18(17)29(22)23/h2-13,20H,1H3,(H,25,30)(H,26,27). The molecule has 3 aromatic carbocycles. The summed E-state index contributed by atoms with van der Waals surface area (Å²) in [7, 11) is 1.55. The van der Waals surface area contributed by atoms with Crippen LogP contribution in [0, 0.1) is 0 Å². The van der Waals surface area contributed by atoms with Crippen LogP contribution in [-0.2, 0) is 4.79 Å². The SMILES string of the molecule is COc1ccc(NC(=O)C(Sc2n[nH]c3nc4ccccc4n23)c2ccccc2)cc1Cl. The number of nitrogens with one attached hydrogen (secondary N) is 2. The van der Waals surface area contributed by atoms with E-state index in [1.165, 1.54) is 11.8 Å². The van der Waals surface area contributed by atoms with E-state index < -0.39 is 5.25 Å². The number of aromatic amines is 1. The molecule has 1 amide bonds. The molecule has 0 aliphatic heterocycles. The van der Waals surface area contributed by atoms with Crippen LogP contribution in [0.4, 0.5) is 5.69 Å². The second-order valence-electron chi connectivity index (χ2n) is 7.01. The monoisotopic (exact) mass is 463 g/mol. The summed E-state index contributed by atoms with van der Waals surface area (Å²) in [6.45, 7) is 0. The van der Waals surface area contributed by atoms with Gasteiger partial charge in [-0.25, -0.2) is 10.1 Å². The Hall–Kier alpha value is -3.49. The quantitative estimate of drug-likeness (QED) is 0.332. The molecule has 9 heteroatoms. The van der Waals surface area contributed by atoms with Crippen LogP contribution in [0.1, 0.15) is 10.8 Å². The van der Waals surface area contributed by atoms with E-state index in [9.17, 15) is 4.79 Å². The summed E-state index contributed by atoms with van der Waals surface area (Å²) in [4.78, 5) is 17.9. The smallest absolute Gasteiger partial charge is 0.242 e. The van der Waals surface area contributed by atoms with Gasteiger partial charge in [-0.05, 0) is 35.9 Å². The Morgan fingerprint density at radius 1 is 1.12 bits per heavy atom. The number of hydrogen-bond donors (Lipinski definition) is 2. The van der Waals surface area contributed by atoms with E-state index in [0.29, 0.717) is 27.4 Å². The van der Waals surface area contributed by atoms with Crippen LogP contribution in [0.2, 0.25) is 5.02 Å². The van der Waals surface area contributed by atoms with Crippen molar-refractivity contribution in [2.45, 2.75) is 10.4 Å². The van der Waals surface area contributed by atoms with Gasteiger partial charge in [-0.2, -0.15) is 0 Å². The van der Waals surface area contributed by atoms with Crippen LogP contribution in [0.15, 0.2) is 78.0 Å². The third-order valence-corrected chi connectivity index (χ3v) is 6.49. The molecule has 1 unspecified atom stereocenters. The number of ether oxygens (including phenoxy) is 1. The number of carbonyl (C=O) groups is 1. The first-order chi connectivity index (χ1) is 15.6. The lowest BCUT2D eigenvalue weighted by molar-refractivity contribution is -0.115. The zero-order valence-corrected chi connectivity index (χ0v) is 18.5. The van der Waals surface area contributed by atoms with Crippen molar-refractivity contribution in [2.75, 3.05) is 12.4 Å². The number of aromatic nitrogens is 4. The molecule has 0 saturated heterocycles. The Balaban J connectivity index is 1.50. The number of imidazole rings is 1. The fourth-order valence-corrected chi connectivity index (χ4v) is 4.80. The molecule has 0 radical (unpaired) electrons. The van der Waals surface area contributed by atoms with Gasteiger partial charge in [0.25, 0.3) is 0 Å². The second kappa shape index (κ2) is 8.57. The number of para-hydroxylation sites is 2. The third-order valence-electron chi connectivity index (χ3n) is 4.99. The van der Waals surface area contributed by atoms with Crippen molar-refractivity contribution >= 4 is 51.8 Å². The van der Waals surface area contributed by atoms with Gasteiger partial charge in [-0.1, -0.05) is 65.8 Å². The first-order valence-electron chi connectivity index (χ1n) is 9.81. The fourth-order valence-electron chi connectivity index (χ4n) is 3.48. The van der Waals surface area contributed by atoms with E-state index >= 15 is 0 Å². The van der Waals surface area contributed by atoms with Crippen molar-refractivity contribution in [3.8, 4) is 5.75 Å². The highest BCUT2D eigenvalue weighted by atomic mass is 35.5. The molecule has 0 fully saturated rings. The second-order valence-corrected chi connectivity index (χ2v) is 8.49. The number of anilines is 1. The number of fused-ring (bicyclic) bond motifs is 3. The van der Waals surface area contributed by atoms with Crippen LogP contribution in [0.3, 0.4) is 0 Å². The molecule has 1 atom stereocenters. The maximum atomic E-state index is 13.4. The molecule has 0 aliphatic rings. The molecule has 32 heavy (non-hydrogen) atoms. The van der Waals surface area contributed by atoms with Crippen LogP contribution < -0.4 is 10.1 Å². The minimum absolute atomic E-state index is 0.192. The molecular formula is C23H18ClN5O2S. The van der Waals surface area contributed by atoms with E-state index in [1.807, 2.05) is 59.0 Å². The number of hydrogen-bond acceptors (Lipinski definition) is 5. The number of amides is 1. The van der Waals surface area contributed by atoms with Crippen LogP contribution >= 0.6 is 23.4 Å². The van der Waals surface area contributed by atoms with E-state index in [4.69, 9.17) is 16.3 Å². The molecule has 0 aliphatic carbocycles. The lowest BCUT2D eigenvalue weighted by Gasteiger charge is -2.16. The minimum atomic E-state index is -0.551. The summed E-state index contributed by atoms with van der Waals surface area (Å²) in [6, 6.07) is 22.5. The van der Waals surface area contributed by atoms with E-state index in [2.05, 4.69) is 20.5 Å². The number of H-pyrrole nitrogens is 1. The van der Waals surface area contributed by atoms with E-state index in [0.717, 1.165) is 16.6 Å². The number of halogens is 1. The van der Waals surface area contributed by atoms with E-state index in [1.54, 1.807) is 25.3 Å². The first kappa shape index (κ1) is 20.4. The Morgan fingerprint density at radius 3 is 2.69 bits per heavy atom. The summed E-state index contributed by atoms with van der Waals surface area (Å²) < 4.78 is 7.12. The largest absolute Gasteiger partial charge is 0.495 e. The van der Waals surface area contributed by atoms with Crippen molar-refractivity contribution < 1.29 is 9.53 Å². The Labute approximate surface area is 192 Å². The number of methoxy groups -OCH3 is 1. The summed E-state index contributed by atoms with van der Waals surface area (Å²) in [6.07, 6.45) is 0. The topological polar surface area (TPSA) is 84.3 Å². The van der Waals surface area contributed by atoms with Gasteiger partial charge >= 0.3 is 0 Å². The molecule has 2 heterocycles. The summed E-state index contributed by atoms with van der Waals surface area (Å²) in [5.41, 5.74) is 3.22. The van der Waals surface area contributed by atoms with Crippen molar-refractivity contribution in [3.63, 3.8) is 0 Å². The van der Waals surface area contributed by atoms with E-state index in [-0.39, 0.29) is 5.91 Å². The van der Waals surface area contributed by atoms with Gasteiger partial charge in [-0.3, -0.25) is 9.20 Å². The van der Waals surface area contributed by atoms with Gasteiger partial charge in [-0.15, -0.1) is 5.10 Å². The molecule has 7 nitrogen and oxygen atoms in total.